The van der Waals surface area contributed by atoms with Gasteiger partial charge in [-0.1, -0.05) is 48.0 Å². The Bertz CT molecular complexity index is 912. The molecule has 3 aromatic carbocycles. The zero-order valence-electron chi connectivity index (χ0n) is 13.6. The second kappa shape index (κ2) is 7.01. The average molecular weight is 332 g/mol. The zero-order chi connectivity index (χ0) is 17.8. The Morgan fingerprint density at radius 1 is 0.880 bits per heavy atom. The topological polar surface area (TPSA) is 63.6 Å². The van der Waals surface area contributed by atoms with Crippen LogP contribution in [-0.4, -0.2) is 17.0 Å². The van der Waals surface area contributed by atoms with Crippen molar-refractivity contribution >= 4 is 11.9 Å². The predicted octanol–water partition coefficient (Wildman–Crippen LogP) is 4.58. The van der Waals surface area contributed by atoms with Crippen molar-refractivity contribution in [2.24, 2.45) is 0 Å². The maximum atomic E-state index is 12.3. The predicted molar refractivity (Wildman–Crippen MR) is 95.0 cm³/mol. The summed E-state index contributed by atoms with van der Waals surface area (Å²) in [5, 5.41) is 9.40. The second-order valence-corrected chi connectivity index (χ2v) is 5.63. The quantitative estimate of drug-likeness (QED) is 0.561. The molecule has 0 saturated carbocycles. The molecule has 0 spiro atoms. The van der Waals surface area contributed by atoms with Crippen LogP contribution >= 0.6 is 0 Å². The van der Waals surface area contributed by atoms with Gasteiger partial charge in [0.05, 0.1) is 11.1 Å². The van der Waals surface area contributed by atoms with Gasteiger partial charge in [0.2, 0.25) is 0 Å². The van der Waals surface area contributed by atoms with Crippen LogP contribution in [0.3, 0.4) is 0 Å². The minimum absolute atomic E-state index is 0.154. The fourth-order valence-corrected chi connectivity index (χ4v) is 2.49. The first kappa shape index (κ1) is 16.5. The third-order valence-electron chi connectivity index (χ3n) is 3.80. The number of carboxylic acid groups (broad SMARTS) is 1. The number of rotatable bonds is 4. The Hall–Kier alpha value is -3.40. The third kappa shape index (κ3) is 3.75. The van der Waals surface area contributed by atoms with Crippen LogP contribution in [0.1, 0.15) is 26.3 Å². The molecule has 0 aliphatic heterocycles. The smallest absolute Gasteiger partial charge is 0.343 e. The van der Waals surface area contributed by atoms with E-state index < -0.39 is 11.9 Å². The van der Waals surface area contributed by atoms with Gasteiger partial charge in [-0.05, 0) is 48.4 Å². The number of aryl methyl sites for hydroxylation is 1. The molecule has 0 atom stereocenters. The molecule has 0 aromatic heterocycles. The molecule has 0 aliphatic carbocycles. The maximum absolute atomic E-state index is 12.3. The molecule has 4 nitrogen and oxygen atoms in total. The molecule has 3 rings (SSSR count). The Morgan fingerprint density at radius 3 is 2.20 bits per heavy atom. The van der Waals surface area contributed by atoms with E-state index in [0.717, 1.165) is 11.1 Å². The number of hydrogen-bond acceptors (Lipinski definition) is 3. The number of benzene rings is 3. The van der Waals surface area contributed by atoms with Crippen molar-refractivity contribution in [1.82, 2.24) is 0 Å². The van der Waals surface area contributed by atoms with E-state index in [4.69, 9.17) is 4.74 Å². The first-order valence-corrected chi connectivity index (χ1v) is 7.76. The van der Waals surface area contributed by atoms with Gasteiger partial charge in [0.25, 0.3) is 0 Å². The van der Waals surface area contributed by atoms with Gasteiger partial charge >= 0.3 is 11.9 Å². The minimum atomic E-state index is -1.03. The maximum Gasteiger partial charge on any atom is 0.343 e. The monoisotopic (exact) mass is 332 g/mol. The van der Waals surface area contributed by atoms with Crippen LogP contribution in [0.15, 0.2) is 72.8 Å². The summed E-state index contributed by atoms with van der Waals surface area (Å²) in [4.78, 5) is 23.7. The van der Waals surface area contributed by atoms with Crippen LogP contribution in [0, 0.1) is 6.92 Å². The summed E-state index contributed by atoms with van der Waals surface area (Å²) in [5.74, 6) is -1.22. The van der Waals surface area contributed by atoms with Crippen LogP contribution in [0.5, 0.6) is 5.75 Å². The van der Waals surface area contributed by atoms with Gasteiger partial charge in [-0.2, -0.15) is 0 Å². The van der Waals surface area contributed by atoms with E-state index in [9.17, 15) is 14.7 Å². The summed E-state index contributed by atoms with van der Waals surface area (Å²) in [6, 6.07) is 20.7. The van der Waals surface area contributed by atoms with Gasteiger partial charge in [0, 0.05) is 0 Å². The molecule has 25 heavy (non-hydrogen) atoms. The highest BCUT2D eigenvalue weighted by Gasteiger charge is 2.15. The molecule has 3 aromatic rings. The van der Waals surface area contributed by atoms with E-state index in [1.165, 1.54) is 12.1 Å². The zero-order valence-corrected chi connectivity index (χ0v) is 13.6. The lowest BCUT2D eigenvalue weighted by Crippen LogP contribution is -2.09. The Balaban J connectivity index is 1.94. The molecular weight excluding hydrogens is 316 g/mol. The molecule has 0 amide bonds. The lowest BCUT2D eigenvalue weighted by atomic mass is 9.99. The van der Waals surface area contributed by atoms with Gasteiger partial charge < -0.3 is 9.84 Å². The lowest BCUT2D eigenvalue weighted by Gasteiger charge is -2.10. The van der Waals surface area contributed by atoms with Crippen molar-refractivity contribution < 1.29 is 19.4 Å². The Kier molecular flexibility index (Phi) is 4.61. The summed E-state index contributed by atoms with van der Waals surface area (Å²) < 4.78 is 5.41. The lowest BCUT2D eigenvalue weighted by molar-refractivity contribution is 0.0697. The van der Waals surface area contributed by atoms with Gasteiger partial charge in [-0.3, -0.25) is 0 Å². The van der Waals surface area contributed by atoms with Crippen LogP contribution in [0.2, 0.25) is 0 Å². The van der Waals surface area contributed by atoms with Gasteiger partial charge in [0.1, 0.15) is 5.75 Å². The fraction of sp³-hybridized carbons (Fsp3) is 0.0476. The number of carboxylic acids is 1. The number of hydrogen-bond donors (Lipinski definition) is 1. The first-order chi connectivity index (χ1) is 12.0. The number of esters is 1. The molecule has 0 radical (unpaired) electrons. The average Bonchev–Trinajstić information content (AvgIpc) is 2.62. The molecule has 0 bridgehead atoms. The van der Waals surface area contributed by atoms with Gasteiger partial charge in [-0.25, -0.2) is 9.59 Å². The summed E-state index contributed by atoms with van der Waals surface area (Å²) in [5.41, 5.74) is 2.89. The highest BCUT2D eigenvalue weighted by Crippen LogP contribution is 2.28. The third-order valence-corrected chi connectivity index (χ3v) is 3.80. The summed E-state index contributed by atoms with van der Waals surface area (Å²) >= 11 is 0. The van der Waals surface area contributed by atoms with Crippen LogP contribution in [0.4, 0.5) is 0 Å². The van der Waals surface area contributed by atoms with Crippen molar-refractivity contribution in [2.75, 3.05) is 0 Å². The molecular formula is C21H16O4. The summed E-state index contributed by atoms with van der Waals surface area (Å²) in [7, 11) is 0. The van der Waals surface area contributed by atoms with Crippen molar-refractivity contribution in [2.45, 2.75) is 6.92 Å². The fourth-order valence-electron chi connectivity index (χ4n) is 2.49. The van der Waals surface area contributed by atoms with Gasteiger partial charge in [0.15, 0.2) is 0 Å². The first-order valence-electron chi connectivity index (χ1n) is 7.76. The van der Waals surface area contributed by atoms with E-state index >= 15 is 0 Å². The van der Waals surface area contributed by atoms with E-state index in [2.05, 4.69) is 0 Å². The van der Waals surface area contributed by atoms with Crippen LogP contribution < -0.4 is 4.74 Å². The van der Waals surface area contributed by atoms with Crippen molar-refractivity contribution in [3.8, 4) is 16.9 Å². The summed E-state index contributed by atoms with van der Waals surface area (Å²) in [6.45, 7) is 1.94. The Morgan fingerprint density at radius 2 is 1.56 bits per heavy atom. The number of ether oxygens (including phenoxy) is 1. The summed E-state index contributed by atoms with van der Waals surface area (Å²) in [6.07, 6.45) is 0. The van der Waals surface area contributed by atoms with Crippen LogP contribution in [-0.2, 0) is 0 Å². The number of carbonyl (C=O) groups excluding carboxylic acids is 1. The number of carbonyl (C=O) groups is 2. The normalized spacial score (nSPS) is 10.3. The minimum Gasteiger partial charge on any atom is -0.478 e. The standard InChI is InChI=1S/C21H16O4/c1-14-7-9-16(10-8-14)21(24)25-17-11-12-18(20(22)23)19(13-17)15-5-3-2-4-6-15/h2-13H,1H3,(H,22,23). The Labute approximate surface area is 145 Å². The van der Waals surface area contributed by atoms with E-state index in [1.807, 2.05) is 49.4 Å². The van der Waals surface area contributed by atoms with Crippen molar-refractivity contribution in [1.29, 1.82) is 0 Å². The van der Waals surface area contributed by atoms with Crippen molar-refractivity contribution in [3.63, 3.8) is 0 Å². The molecule has 124 valence electrons. The van der Waals surface area contributed by atoms with E-state index in [0.29, 0.717) is 16.9 Å². The number of aromatic carboxylic acids is 1. The highest BCUT2D eigenvalue weighted by molar-refractivity contribution is 5.97. The molecule has 0 heterocycles. The van der Waals surface area contributed by atoms with Gasteiger partial charge in [-0.15, -0.1) is 0 Å². The van der Waals surface area contributed by atoms with E-state index in [-0.39, 0.29) is 5.56 Å². The molecule has 0 aliphatic rings. The molecule has 1 N–H and O–H groups in total. The SMILES string of the molecule is Cc1ccc(C(=O)Oc2ccc(C(=O)O)c(-c3ccccc3)c2)cc1. The van der Waals surface area contributed by atoms with Crippen LogP contribution in [0.25, 0.3) is 11.1 Å². The highest BCUT2D eigenvalue weighted by atomic mass is 16.5. The molecule has 0 unspecified atom stereocenters. The van der Waals surface area contributed by atoms with E-state index in [1.54, 1.807) is 18.2 Å². The second-order valence-electron chi connectivity index (χ2n) is 5.63. The largest absolute Gasteiger partial charge is 0.478 e. The molecule has 0 saturated heterocycles. The molecule has 4 heteroatoms. The van der Waals surface area contributed by atoms with Crippen molar-refractivity contribution in [3.05, 3.63) is 89.5 Å². The molecule has 0 fully saturated rings.